The first-order valence-electron chi connectivity index (χ1n) is 4.91. The van der Waals surface area contributed by atoms with Crippen molar-refractivity contribution >= 4 is 17.3 Å². The van der Waals surface area contributed by atoms with Crippen molar-refractivity contribution in [1.82, 2.24) is 0 Å². The highest BCUT2D eigenvalue weighted by molar-refractivity contribution is 6.31. The molecule has 100 valence electrons. The molecule has 1 rings (SSSR count). The van der Waals surface area contributed by atoms with E-state index in [2.05, 4.69) is 5.32 Å². The van der Waals surface area contributed by atoms with Crippen molar-refractivity contribution in [3.63, 3.8) is 0 Å². The van der Waals surface area contributed by atoms with Gasteiger partial charge in [-0.25, -0.2) is 0 Å². The predicted molar refractivity (Wildman–Crippen MR) is 63.9 cm³/mol. The van der Waals surface area contributed by atoms with Gasteiger partial charge in [0.05, 0.1) is 5.56 Å². The van der Waals surface area contributed by atoms with E-state index in [-0.39, 0.29) is 10.7 Å². The number of hydrogen-bond donors (Lipinski definition) is 1. The zero-order valence-corrected chi connectivity index (χ0v) is 10.3. The Kier molecular flexibility index (Phi) is 4.59. The Morgan fingerprint density at radius 2 is 1.65 bits per heavy atom. The molecule has 0 spiro atoms. The van der Waals surface area contributed by atoms with E-state index in [4.69, 9.17) is 27.4 Å². The van der Waals surface area contributed by atoms with Gasteiger partial charge in [0.25, 0.3) is 0 Å². The summed E-state index contributed by atoms with van der Waals surface area (Å²) < 4.78 is 37.8. The summed E-state index contributed by atoms with van der Waals surface area (Å²) in [6, 6.07) is 7.03. The van der Waals surface area contributed by atoms with Gasteiger partial charge in [-0.15, -0.1) is 0 Å². The second kappa shape index (κ2) is 5.97. The Morgan fingerprint density at radius 1 is 1.05 bits per heavy atom. The number of nitriles is 3. The molecule has 0 saturated heterocycles. The van der Waals surface area contributed by atoms with Crippen LogP contribution in [0, 0.1) is 34.0 Å². The molecule has 0 saturated carbocycles. The Hall–Kier alpha value is -2.69. The molecule has 0 bridgehead atoms. The molecule has 0 atom stereocenters. The SMILES string of the molecule is N#CC(C#N)=C(C#N)Nc1cc(Cl)cc(C(F)(F)F)c1. The van der Waals surface area contributed by atoms with Crippen LogP contribution in [0.4, 0.5) is 18.9 Å². The van der Waals surface area contributed by atoms with Crippen molar-refractivity contribution in [2.45, 2.75) is 6.18 Å². The van der Waals surface area contributed by atoms with Crippen molar-refractivity contribution in [1.29, 1.82) is 15.8 Å². The lowest BCUT2D eigenvalue weighted by molar-refractivity contribution is -0.137. The molecule has 1 aromatic rings. The maximum absolute atomic E-state index is 12.6. The van der Waals surface area contributed by atoms with E-state index in [0.717, 1.165) is 18.2 Å². The number of rotatable bonds is 2. The van der Waals surface area contributed by atoms with E-state index >= 15 is 0 Å². The number of halogens is 4. The zero-order chi connectivity index (χ0) is 15.3. The molecule has 1 aromatic carbocycles. The monoisotopic (exact) mass is 296 g/mol. The molecule has 20 heavy (non-hydrogen) atoms. The summed E-state index contributed by atoms with van der Waals surface area (Å²) in [6.45, 7) is 0. The van der Waals surface area contributed by atoms with E-state index in [1.807, 2.05) is 0 Å². The third-order valence-corrected chi connectivity index (χ3v) is 2.30. The maximum Gasteiger partial charge on any atom is 0.416 e. The number of alkyl halides is 3. The normalized spacial score (nSPS) is 9.85. The lowest BCUT2D eigenvalue weighted by atomic mass is 10.1. The van der Waals surface area contributed by atoms with E-state index < -0.39 is 23.0 Å². The Labute approximate surface area is 116 Å². The minimum absolute atomic E-state index is 0.149. The second-order valence-electron chi connectivity index (χ2n) is 3.44. The van der Waals surface area contributed by atoms with Gasteiger partial charge in [-0.3, -0.25) is 0 Å². The molecule has 0 radical (unpaired) electrons. The van der Waals surface area contributed by atoms with Crippen LogP contribution in [-0.2, 0) is 6.18 Å². The van der Waals surface area contributed by atoms with Gasteiger partial charge in [0, 0.05) is 10.7 Å². The largest absolute Gasteiger partial charge is 0.416 e. The molecule has 0 heterocycles. The summed E-state index contributed by atoms with van der Waals surface area (Å²) in [7, 11) is 0. The average molecular weight is 297 g/mol. The van der Waals surface area contributed by atoms with Gasteiger partial charge in [0.2, 0.25) is 0 Å². The van der Waals surface area contributed by atoms with Gasteiger partial charge in [-0.05, 0) is 18.2 Å². The Bertz CT molecular complexity index is 671. The van der Waals surface area contributed by atoms with Crippen LogP contribution in [0.25, 0.3) is 0 Å². The van der Waals surface area contributed by atoms with Crippen LogP contribution in [0.1, 0.15) is 5.56 Å². The van der Waals surface area contributed by atoms with Crippen LogP contribution in [0.2, 0.25) is 5.02 Å². The molecule has 0 amide bonds. The van der Waals surface area contributed by atoms with Gasteiger partial charge in [0.1, 0.15) is 23.9 Å². The number of allylic oxidation sites excluding steroid dienone is 2. The number of nitrogens with one attached hydrogen (secondary N) is 1. The summed E-state index contributed by atoms with van der Waals surface area (Å²) in [5.41, 5.74) is -2.16. The highest BCUT2D eigenvalue weighted by atomic mass is 35.5. The first kappa shape index (κ1) is 15.4. The van der Waals surface area contributed by atoms with Crippen molar-refractivity contribution in [3.8, 4) is 18.2 Å². The standard InChI is InChI=1S/C12H4ClF3N4/c13-9-1-8(12(14,15)16)2-10(3-9)20-11(6-19)7(4-17)5-18/h1-3,20H. The quantitative estimate of drug-likeness (QED) is 0.845. The summed E-state index contributed by atoms with van der Waals surface area (Å²) in [4.78, 5) is 0. The number of anilines is 1. The lowest BCUT2D eigenvalue weighted by Crippen LogP contribution is -2.07. The van der Waals surface area contributed by atoms with E-state index in [1.165, 1.54) is 18.2 Å². The topological polar surface area (TPSA) is 83.4 Å². The summed E-state index contributed by atoms with van der Waals surface area (Å²) in [6.07, 6.45) is -4.61. The first-order chi connectivity index (χ1) is 9.31. The minimum Gasteiger partial charge on any atom is -0.345 e. The van der Waals surface area contributed by atoms with Gasteiger partial charge in [-0.2, -0.15) is 29.0 Å². The third kappa shape index (κ3) is 3.65. The van der Waals surface area contributed by atoms with Gasteiger partial charge < -0.3 is 5.32 Å². The molecule has 0 aliphatic heterocycles. The third-order valence-electron chi connectivity index (χ3n) is 2.08. The number of hydrogen-bond acceptors (Lipinski definition) is 4. The van der Waals surface area contributed by atoms with Crippen LogP contribution < -0.4 is 5.32 Å². The molecule has 0 aromatic heterocycles. The molecule has 0 aliphatic rings. The van der Waals surface area contributed by atoms with E-state index in [9.17, 15) is 13.2 Å². The Balaban J connectivity index is 3.28. The van der Waals surface area contributed by atoms with Crippen LogP contribution in [-0.4, -0.2) is 0 Å². The van der Waals surface area contributed by atoms with Crippen molar-refractivity contribution in [3.05, 3.63) is 40.1 Å². The molecule has 0 fully saturated rings. The number of benzene rings is 1. The molecule has 4 nitrogen and oxygen atoms in total. The highest BCUT2D eigenvalue weighted by Gasteiger charge is 2.31. The van der Waals surface area contributed by atoms with Crippen molar-refractivity contribution in [2.24, 2.45) is 0 Å². The van der Waals surface area contributed by atoms with Gasteiger partial charge in [-0.1, -0.05) is 11.6 Å². The van der Waals surface area contributed by atoms with Crippen LogP contribution in [0.15, 0.2) is 29.5 Å². The summed E-state index contributed by atoms with van der Waals surface area (Å²) in [5, 5.41) is 28.1. The Morgan fingerprint density at radius 3 is 2.10 bits per heavy atom. The average Bonchev–Trinajstić information content (AvgIpc) is 2.37. The van der Waals surface area contributed by atoms with E-state index in [0.29, 0.717) is 0 Å². The van der Waals surface area contributed by atoms with Gasteiger partial charge >= 0.3 is 6.18 Å². The van der Waals surface area contributed by atoms with Crippen molar-refractivity contribution < 1.29 is 13.2 Å². The van der Waals surface area contributed by atoms with Crippen LogP contribution >= 0.6 is 11.6 Å². The number of nitrogens with zero attached hydrogens (tertiary/aromatic N) is 3. The fourth-order valence-electron chi connectivity index (χ4n) is 1.25. The summed E-state index contributed by atoms with van der Waals surface area (Å²) in [5.74, 6) is 0. The maximum atomic E-state index is 12.6. The molecular weight excluding hydrogens is 293 g/mol. The van der Waals surface area contributed by atoms with Crippen LogP contribution in [0.5, 0.6) is 0 Å². The molecule has 0 unspecified atom stereocenters. The predicted octanol–water partition coefficient (Wildman–Crippen LogP) is 3.60. The highest BCUT2D eigenvalue weighted by Crippen LogP contribution is 2.33. The van der Waals surface area contributed by atoms with Crippen LogP contribution in [0.3, 0.4) is 0 Å². The van der Waals surface area contributed by atoms with Gasteiger partial charge in [0.15, 0.2) is 5.57 Å². The summed E-state index contributed by atoms with van der Waals surface area (Å²) >= 11 is 5.56. The lowest BCUT2D eigenvalue weighted by Gasteiger charge is -2.11. The second-order valence-corrected chi connectivity index (χ2v) is 3.87. The minimum atomic E-state index is -4.61. The van der Waals surface area contributed by atoms with E-state index in [1.54, 1.807) is 0 Å². The smallest absolute Gasteiger partial charge is 0.345 e. The van der Waals surface area contributed by atoms with Crippen molar-refractivity contribution in [2.75, 3.05) is 5.32 Å². The molecule has 0 aliphatic carbocycles. The first-order valence-corrected chi connectivity index (χ1v) is 5.29. The fraction of sp³-hybridized carbons (Fsp3) is 0.0833. The fourth-order valence-corrected chi connectivity index (χ4v) is 1.49. The molecule has 1 N–H and O–H groups in total. The molecular formula is C12H4ClF3N4. The zero-order valence-electron chi connectivity index (χ0n) is 9.59. The molecule has 8 heteroatoms.